The van der Waals surface area contributed by atoms with E-state index in [1.165, 1.54) is 23.8 Å². The molecule has 2 aromatic carbocycles. The second kappa shape index (κ2) is 6.72. The van der Waals surface area contributed by atoms with Crippen LogP contribution < -0.4 is 10.5 Å². The number of rotatable bonds is 4. The Kier molecular flexibility index (Phi) is 4.63. The van der Waals surface area contributed by atoms with Gasteiger partial charge in [0.2, 0.25) is 0 Å². The lowest BCUT2D eigenvalue weighted by Crippen LogP contribution is -2.10. The third-order valence-electron chi connectivity index (χ3n) is 3.72. The highest BCUT2D eigenvalue weighted by atomic mass is 79.9. The topological polar surface area (TPSA) is 70.7 Å². The average Bonchev–Trinajstić information content (AvgIpc) is 2.89. The van der Waals surface area contributed by atoms with Crippen molar-refractivity contribution in [3.63, 3.8) is 0 Å². The first-order chi connectivity index (χ1) is 11.9. The van der Waals surface area contributed by atoms with E-state index in [4.69, 9.17) is 9.15 Å². The third kappa shape index (κ3) is 3.17. The van der Waals surface area contributed by atoms with Crippen molar-refractivity contribution >= 4 is 33.0 Å². The lowest BCUT2D eigenvalue weighted by molar-refractivity contribution is 0.0595. The minimum absolute atomic E-state index is 0.0803. The number of hydrogen-bond donors (Lipinski definition) is 0. The molecule has 3 rings (SSSR count). The molecule has 0 aliphatic heterocycles. The zero-order valence-corrected chi connectivity index (χ0v) is 14.9. The van der Waals surface area contributed by atoms with E-state index in [1.54, 1.807) is 19.2 Å². The number of hydrogen-bond acceptors (Lipinski definition) is 5. The van der Waals surface area contributed by atoms with Crippen LogP contribution in [0.15, 0.2) is 44.0 Å². The van der Waals surface area contributed by atoms with Gasteiger partial charge in [0.25, 0.3) is 0 Å². The Labute approximate surface area is 149 Å². The summed E-state index contributed by atoms with van der Waals surface area (Å²) >= 11 is 3.42. The summed E-state index contributed by atoms with van der Waals surface area (Å²) in [5, 5.41) is 0. The van der Waals surface area contributed by atoms with Gasteiger partial charge >= 0.3 is 11.7 Å². The molecule has 0 unspecified atom stereocenters. The third-order valence-corrected chi connectivity index (χ3v) is 4.46. The van der Waals surface area contributed by atoms with E-state index in [0.717, 1.165) is 10.5 Å². The van der Waals surface area contributed by atoms with E-state index >= 15 is 0 Å². The predicted molar refractivity (Wildman–Crippen MR) is 91.2 cm³/mol. The molecule has 0 saturated carbocycles. The fraction of sp³-hybridized carbons (Fsp3) is 0.176. The van der Waals surface area contributed by atoms with Crippen molar-refractivity contribution in [1.29, 1.82) is 0 Å². The number of fused-ring (bicyclic) bond motifs is 1. The van der Waals surface area contributed by atoms with Crippen LogP contribution in [0.5, 0.6) is 5.75 Å². The SMILES string of the molecule is COC(=O)c1cc(OCc2c(Br)ccc3oc(=O)n(C)c23)ccc1F. The van der Waals surface area contributed by atoms with Crippen LogP contribution in [-0.2, 0) is 18.4 Å². The first-order valence-corrected chi connectivity index (χ1v) is 7.99. The van der Waals surface area contributed by atoms with E-state index in [2.05, 4.69) is 20.7 Å². The van der Waals surface area contributed by atoms with Crippen molar-refractivity contribution in [1.82, 2.24) is 4.57 Å². The van der Waals surface area contributed by atoms with E-state index in [1.807, 2.05) is 0 Å². The highest BCUT2D eigenvalue weighted by Gasteiger charge is 2.16. The van der Waals surface area contributed by atoms with Crippen molar-refractivity contribution in [3.05, 3.63) is 62.3 Å². The number of aromatic nitrogens is 1. The Morgan fingerprint density at radius 2 is 2.08 bits per heavy atom. The molecule has 25 heavy (non-hydrogen) atoms. The Hall–Kier alpha value is -2.61. The van der Waals surface area contributed by atoms with E-state index in [0.29, 0.717) is 22.4 Å². The Morgan fingerprint density at radius 3 is 2.80 bits per heavy atom. The lowest BCUT2D eigenvalue weighted by Gasteiger charge is -2.11. The maximum absolute atomic E-state index is 13.7. The Morgan fingerprint density at radius 1 is 1.32 bits per heavy atom. The van der Waals surface area contributed by atoms with Gasteiger partial charge in [0.1, 0.15) is 18.2 Å². The molecule has 0 saturated heterocycles. The summed E-state index contributed by atoms with van der Waals surface area (Å²) in [6.07, 6.45) is 0. The van der Waals surface area contributed by atoms with Crippen LogP contribution in [-0.4, -0.2) is 17.6 Å². The number of methoxy groups -OCH3 is 1. The maximum Gasteiger partial charge on any atom is 0.419 e. The molecule has 0 aliphatic rings. The number of carbonyl (C=O) groups excluding carboxylic acids is 1. The molecule has 0 bridgehead atoms. The van der Waals surface area contributed by atoms with Crippen LogP contribution in [0.25, 0.3) is 11.1 Å². The summed E-state index contributed by atoms with van der Waals surface area (Å²) in [6.45, 7) is 0.0803. The van der Waals surface area contributed by atoms with Crippen molar-refractivity contribution < 1.29 is 23.1 Å². The molecule has 0 amide bonds. The summed E-state index contributed by atoms with van der Waals surface area (Å²) in [5.41, 5.74) is 1.50. The fourth-order valence-corrected chi connectivity index (χ4v) is 2.88. The predicted octanol–water partition coefficient (Wildman–Crippen LogP) is 3.40. The molecule has 130 valence electrons. The van der Waals surface area contributed by atoms with Gasteiger partial charge in [-0.1, -0.05) is 15.9 Å². The maximum atomic E-state index is 13.7. The van der Waals surface area contributed by atoms with Crippen LogP contribution in [0.4, 0.5) is 4.39 Å². The van der Waals surface area contributed by atoms with Crippen LogP contribution in [0.3, 0.4) is 0 Å². The highest BCUT2D eigenvalue weighted by molar-refractivity contribution is 9.10. The van der Waals surface area contributed by atoms with Gasteiger partial charge < -0.3 is 13.9 Å². The van der Waals surface area contributed by atoms with Crippen molar-refractivity contribution in [3.8, 4) is 5.75 Å². The van der Waals surface area contributed by atoms with Gasteiger partial charge in [-0.2, -0.15) is 0 Å². The first kappa shape index (κ1) is 17.2. The Balaban J connectivity index is 1.95. The van der Waals surface area contributed by atoms with E-state index in [-0.39, 0.29) is 12.2 Å². The van der Waals surface area contributed by atoms with Crippen LogP contribution in [0, 0.1) is 5.82 Å². The van der Waals surface area contributed by atoms with E-state index < -0.39 is 17.5 Å². The molecule has 1 heterocycles. The molecule has 0 aliphatic carbocycles. The number of carbonyl (C=O) groups is 1. The number of benzene rings is 2. The molecular weight excluding hydrogens is 397 g/mol. The number of aryl methyl sites for hydroxylation is 1. The normalized spacial score (nSPS) is 10.9. The summed E-state index contributed by atoms with van der Waals surface area (Å²) < 4.78 is 31.1. The molecule has 0 N–H and O–H groups in total. The molecule has 0 spiro atoms. The average molecular weight is 410 g/mol. The lowest BCUT2D eigenvalue weighted by atomic mass is 10.2. The largest absolute Gasteiger partial charge is 0.489 e. The first-order valence-electron chi connectivity index (χ1n) is 7.20. The summed E-state index contributed by atoms with van der Waals surface area (Å²) in [5.74, 6) is -1.67. The minimum atomic E-state index is -0.788. The van der Waals surface area contributed by atoms with Gasteiger partial charge in [-0.05, 0) is 30.3 Å². The molecule has 0 atom stereocenters. The van der Waals surface area contributed by atoms with E-state index in [9.17, 15) is 14.0 Å². The molecule has 0 radical (unpaired) electrons. The number of oxazole rings is 1. The number of halogens is 2. The van der Waals surface area contributed by atoms with Crippen LogP contribution in [0.2, 0.25) is 0 Å². The quantitative estimate of drug-likeness (QED) is 0.617. The summed E-state index contributed by atoms with van der Waals surface area (Å²) in [4.78, 5) is 23.3. The van der Waals surface area contributed by atoms with Gasteiger partial charge in [0, 0.05) is 17.1 Å². The number of nitrogens with zero attached hydrogens (tertiary/aromatic N) is 1. The van der Waals surface area contributed by atoms with Crippen LogP contribution in [0.1, 0.15) is 15.9 Å². The molecular formula is C17H13BrFNO5. The van der Waals surface area contributed by atoms with Crippen LogP contribution >= 0.6 is 15.9 Å². The van der Waals surface area contributed by atoms with Crippen molar-refractivity contribution in [2.75, 3.05) is 7.11 Å². The Bertz CT molecular complexity index is 1020. The molecule has 0 fully saturated rings. The van der Waals surface area contributed by atoms with Crippen molar-refractivity contribution in [2.45, 2.75) is 6.61 Å². The summed E-state index contributed by atoms with van der Waals surface area (Å²) in [6, 6.07) is 7.23. The van der Waals surface area contributed by atoms with Gasteiger partial charge in [-0.3, -0.25) is 4.57 Å². The zero-order valence-electron chi connectivity index (χ0n) is 13.3. The highest BCUT2D eigenvalue weighted by Crippen LogP contribution is 2.27. The second-order valence-corrected chi connectivity index (χ2v) is 6.08. The molecule has 8 heteroatoms. The number of ether oxygens (including phenoxy) is 2. The fourth-order valence-electron chi connectivity index (χ4n) is 2.45. The van der Waals surface area contributed by atoms with Gasteiger partial charge in [-0.25, -0.2) is 14.0 Å². The number of esters is 1. The molecule has 1 aromatic heterocycles. The van der Waals surface area contributed by atoms with Gasteiger partial charge in [0.05, 0.1) is 18.2 Å². The van der Waals surface area contributed by atoms with Crippen molar-refractivity contribution in [2.24, 2.45) is 7.05 Å². The summed E-state index contributed by atoms with van der Waals surface area (Å²) in [7, 11) is 2.77. The minimum Gasteiger partial charge on any atom is -0.489 e. The second-order valence-electron chi connectivity index (χ2n) is 5.22. The smallest absolute Gasteiger partial charge is 0.419 e. The monoisotopic (exact) mass is 409 g/mol. The van der Waals surface area contributed by atoms with Gasteiger partial charge in [0.15, 0.2) is 5.58 Å². The van der Waals surface area contributed by atoms with Gasteiger partial charge in [-0.15, -0.1) is 0 Å². The molecule has 3 aromatic rings. The zero-order chi connectivity index (χ0) is 18.1. The molecule has 6 nitrogen and oxygen atoms in total. The standard InChI is InChI=1S/C17H13BrFNO5/c1-20-15-11(12(18)4-6-14(15)25-17(20)22)8-24-9-3-5-13(19)10(7-9)16(21)23-2/h3-7H,8H2,1-2H3.